The van der Waals surface area contributed by atoms with Crippen LogP contribution in [0.1, 0.15) is 0 Å². The summed E-state index contributed by atoms with van der Waals surface area (Å²) in [6.45, 7) is 0.144. The number of alkyl halides is 1. The predicted octanol–water partition coefficient (Wildman–Crippen LogP) is 1.28. The van der Waals surface area contributed by atoms with Crippen molar-refractivity contribution in [2.24, 2.45) is 0 Å². The molecule has 1 aromatic carbocycles. The Morgan fingerprint density at radius 2 is 2.17 bits per heavy atom. The van der Waals surface area contributed by atoms with Crippen LogP contribution >= 0.6 is 15.9 Å². The number of methoxy groups -OCH3 is 1. The molecule has 0 aliphatic rings. The third-order valence-corrected chi connectivity index (χ3v) is 3.94. The molecule has 100 valence electrons. The molecule has 0 amide bonds. The lowest BCUT2D eigenvalue weighted by molar-refractivity contribution is -0.387. The largest absolute Gasteiger partial charge is 0.497 e. The molecule has 1 aromatic rings. The van der Waals surface area contributed by atoms with Gasteiger partial charge in [-0.05, 0) is 12.1 Å². The van der Waals surface area contributed by atoms with E-state index in [4.69, 9.17) is 4.74 Å². The summed E-state index contributed by atoms with van der Waals surface area (Å²) >= 11 is 3.06. The van der Waals surface area contributed by atoms with Gasteiger partial charge in [0.05, 0.1) is 18.1 Å². The van der Waals surface area contributed by atoms with Crippen LogP contribution in [0.25, 0.3) is 0 Å². The van der Waals surface area contributed by atoms with E-state index < -0.39 is 20.6 Å². The van der Waals surface area contributed by atoms with E-state index in [1.807, 2.05) is 0 Å². The zero-order valence-corrected chi connectivity index (χ0v) is 11.8. The molecule has 0 aliphatic heterocycles. The Morgan fingerprint density at radius 3 is 2.67 bits per heavy atom. The maximum absolute atomic E-state index is 11.8. The smallest absolute Gasteiger partial charge is 0.293 e. The minimum absolute atomic E-state index is 0.144. The number of nitro groups is 1. The van der Waals surface area contributed by atoms with Gasteiger partial charge in [0.1, 0.15) is 5.75 Å². The monoisotopic (exact) mass is 338 g/mol. The third kappa shape index (κ3) is 3.40. The van der Waals surface area contributed by atoms with E-state index in [0.717, 1.165) is 12.1 Å². The first-order valence-electron chi connectivity index (χ1n) is 4.80. The van der Waals surface area contributed by atoms with Crippen molar-refractivity contribution in [3.63, 3.8) is 0 Å². The van der Waals surface area contributed by atoms with Gasteiger partial charge in [0.15, 0.2) is 4.90 Å². The number of hydrogen-bond donors (Lipinski definition) is 1. The Morgan fingerprint density at radius 1 is 1.50 bits per heavy atom. The van der Waals surface area contributed by atoms with Gasteiger partial charge in [0.25, 0.3) is 5.69 Å². The van der Waals surface area contributed by atoms with Crippen molar-refractivity contribution < 1.29 is 18.1 Å². The van der Waals surface area contributed by atoms with Crippen molar-refractivity contribution in [1.82, 2.24) is 4.72 Å². The lowest BCUT2D eigenvalue weighted by Crippen LogP contribution is -2.26. The molecule has 1 N–H and O–H groups in total. The minimum Gasteiger partial charge on any atom is -0.497 e. The molecule has 0 bridgehead atoms. The summed E-state index contributed by atoms with van der Waals surface area (Å²) in [6.07, 6.45) is 0. The molecule has 1 rings (SSSR count). The molecule has 0 atom stereocenters. The average molecular weight is 339 g/mol. The molecule has 18 heavy (non-hydrogen) atoms. The molecular weight excluding hydrogens is 328 g/mol. The van der Waals surface area contributed by atoms with Crippen molar-refractivity contribution in [2.45, 2.75) is 4.90 Å². The van der Waals surface area contributed by atoms with E-state index in [2.05, 4.69) is 20.7 Å². The first-order chi connectivity index (χ1) is 8.42. The number of nitrogens with zero attached hydrogens (tertiary/aromatic N) is 1. The van der Waals surface area contributed by atoms with Crippen LogP contribution in [0.15, 0.2) is 23.1 Å². The molecule has 0 heterocycles. The minimum atomic E-state index is -3.90. The number of nitro benzene ring substituents is 1. The van der Waals surface area contributed by atoms with E-state index in [1.54, 1.807) is 0 Å². The highest BCUT2D eigenvalue weighted by atomic mass is 79.9. The number of hydrogen-bond acceptors (Lipinski definition) is 5. The Bertz CT molecular complexity index is 546. The summed E-state index contributed by atoms with van der Waals surface area (Å²) in [4.78, 5) is 9.72. The SMILES string of the molecule is COc1ccc(S(=O)(=O)NCCBr)c([N+](=O)[O-])c1. The van der Waals surface area contributed by atoms with Crippen LogP contribution in [-0.2, 0) is 10.0 Å². The van der Waals surface area contributed by atoms with E-state index in [0.29, 0.717) is 5.33 Å². The van der Waals surface area contributed by atoms with Gasteiger partial charge in [0.2, 0.25) is 10.0 Å². The van der Waals surface area contributed by atoms with Gasteiger partial charge in [-0.3, -0.25) is 10.1 Å². The zero-order chi connectivity index (χ0) is 13.8. The van der Waals surface area contributed by atoms with Crippen molar-refractivity contribution >= 4 is 31.6 Å². The Kier molecular flexibility index (Phi) is 5.05. The Labute approximate surface area is 112 Å². The topological polar surface area (TPSA) is 98.5 Å². The number of sulfonamides is 1. The highest BCUT2D eigenvalue weighted by Crippen LogP contribution is 2.27. The molecule has 0 aliphatic carbocycles. The molecule has 0 saturated heterocycles. The second-order valence-electron chi connectivity index (χ2n) is 3.18. The van der Waals surface area contributed by atoms with Crippen LogP contribution < -0.4 is 9.46 Å². The molecule has 9 heteroatoms. The van der Waals surface area contributed by atoms with E-state index in [9.17, 15) is 18.5 Å². The molecule has 0 aromatic heterocycles. The van der Waals surface area contributed by atoms with Gasteiger partial charge in [-0.25, -0.2) is 13.1 Å². The fourth-order valence-corrected chi connectivity index (χ4v) is 2.89. The number of rotatable bonds is 6. The molecule has 0 saturated carbocycles. The summed E-state index contributed by atoms with van der Waals surface area (Å²) in [5.74, 6) is 0.223. The molecule has 7 nitrogen and oxygen atoms in total. The van der Waals surface area contributed by atoms with Gasteiger partial charge in [0, 0.05) is 11.9 Å². The number of nitrogens with one attached hydrogen (secondary N) is 1. The van der Waals surface area contributed by atoms with Crippen LogP contribution in [-0.4, -0.2) is 32.3 Å². The maximum atomic E-state index is 11.8. The normalized spacial score (nSPS) is 11.2. The molecular formula is C9H11BrN2O5S. The zero-order valence-electron chi connectivity index (χ0n) is 9.42. The van der Waals surface area contributed by atoms with Crippen molar-refractivity contribution in [1.29, 1.82) is 0 Å². The van der Waals surface area contributed by atoms with Crippen molar-refractivity contribution in [3.8, 4) is 5.75 Å². The predicted molar refractivity (Wildman–Crippen MR) is 68.6 cm³/mol. The third-order valence-electron chi connectivity index (χ3n) is 2.04. The first-order valence-corrected chi connectivity index (χ1v) is 7.41. The molecule has 0 spiro atoms. The van der Waals surface area contributed by atoms with E-state index >= 15 is 0 Å². The van der Waals surface area contributed by atoms with E-state index in [1.165, 1.54) is 13.2 Å². The number of benzene rings is 1. The summed E-state index contributed by atoms with van der Waals surface area (Å²) in [6, 6.07) is 3.58. The molecule has 0 fully saturated rings. The van der Waals surface area contributed by atoms with Gasteiger partial charge in [-0.2, -0.15) is 0 Å². The van der Waals surface area contributed by atoms with Crippen LogP contribution in [0.5, 0.6) is 5.75 Å². The second-order valence-corrected chi connectivity index (χ2v) is 5.71. The van der Waals surface area contributed by atoms with Crippen molar-refractivity contribution in [2.75, 3.05) is 19.0 Å². The number of ether oxygens (including phenoxy) is 1. The maximum Gasteiger partial charge on any atom is 0.293 e. The van der Waals surface area contributed by atoms with Gasteiger partial charge < -0.3 is 4.74 Å². The molecule has 0 radical (unpaired) electrons. The van der Waals surface area contributed by atoms with Crippen LogP contribution in [0, 0.1) is 10.1 Å². The van der Waals surface area contributed by atoms with E-state index in [-0.39, 0.29) is 17.2 Å². The van der Waals surface area contributed by atoms with Gasteiger partial charge >= 0.3 is 0 Å². The summed E-state index contributed by atoms with van der Waals surface area (Å²) in [5, 5.41) is 11.3. The number of halogens is 1. The Hall–Kier alpha value is -1.19. The molecule has 0 unspecified atom stereocenters. The quantitative estimate of drug-likeness (QED) is 0.478. The standard InChI is InChI=1S/C9H11BrN2O5S/c1-17-7-2-3-9(8(6-7)12(13)14)18(15,16)11-5-4-10/h2-3,6,11H,4-5H2,1H3. The van der Waals surface area contributed by atoms with Gasteiger partial charge in [-0.15, -0.1) is 0 Å². The average Bonchev–Trinajstić information content (AvgIpc) is 2.35. The van der Waals surface area contributed by atoms with Crippen molar-refractivity contribution in [3.05, 3.63) is 28.3 Å². The van der Waals surface area contributed by atoms with Gasteiger partial charge in [-0.1, -0.05) is 15.9 Å². The lowest BCUT2D eigenvalue weighted by Gasteiger charge is -2.07. The second kappa shape index (κ2) is 6.12. The Balaban J connectivity index is 3.27. The highest BCUT2D eigenvalue weighted by molar-refractivity contribution is 9.09. The highest BCUT2D eigenvalue weighted by Gasteiger charge is 2.25. The first kappa shape index (κ1) is 14.9. The lowest BCUT2D eigenvalue weighted by atomic mass is 10.3. The summed E-state index contributed by atoms with van der Waals surface area (Å²) in [7, 11) is -2.56. The summed E-state index contributed by atoms with van der Waals surface area (Å²) < 4.78 is 30.7. The summed E-state index contributed by atoms with van der Waals surface area (Å²) in [5.41, 5.74) is -0.517. The fraction of sp³-hybridized carbons (Fsp3) is 0.333. The van der Waals surface area contributed by atoms with Crippen LogP contribution in [0.4, 0.5) is 5.69 Å². The fourth-order valence-electron chi connectivity index (χ4n) is 1.24. The van der Waals surface area contributed by atoms with Crippen LogP contribution in [0.2, 0.25) is 0 Å². The van der Waals surface area contributed by atoms with Crippen LogP contribution in [0.3, 0.4) is 0 Å².